The van der Waals surface area contributed by atoms with Gasteiger partial charge in [-0.25, -0.2) is 4.98 Å². The Bertz CT molecular complexity index is 239. The molecule has 1 aromatic heterocycles. The van der Waals surface area contributed by atoms with Crippen molar-refractivity contribution in [3.63, 3.8) is 0 Å². The van der Waals surface area contributed by atoms with E-state index in [-0.39, 0.29) is 0 Å². The molecule has 0 spiro atoms. The predicted octanol–water partition coefficient (Wildman–Crippen LogP) is 2.96. The summed E-state index contributed by atoms with van der Waals surface area (Å²) in [6, 6.07) is 0.446. The van der Waals surface area contributed by atoms with Gasteiger partial charge in [0.05, 0.1) is 0 Å². The Balaban J connectivity index is 2.41. The molecule has 0 aromatic carbocycles. The molecule has 1 unspecified atom stereocenters. The Morgan fingerprint density at radius 3 is 3.08 bits per heavy atom. The fraction of sp³-hybridized carbons (Fsp3) is 0.571. The van der Waals surface area contributed by atoms with Gasteiger partial charge in [0.2, 0.25) is 0 Å². The predicted molar refractivity (Wildman–Crippen MR) is 58.6 cm³/mol. The van der Waals surface area contributed by atoms with Crippen molar-refractivity contribution in [2.45, 2.75) is 13.0 Å². The van der Waals surface area contributed by atoms with Crippen LogP contribution in [0.5, 0.6) is 0 Å². The van der Waals surface area contributed by atoms with Crippen molar-refractivity contribution in [1.29, 1.82) is 0 Å². The van der Waals surface area contributed by atoms with Gasteiger partial charge in [0, 0.05) is 17.2 Å². The third-order valence-electron chi connectivity index (χ3n) is 1.26. The summed E-state index contributed by atoms with van der Waals surface area (Å²) in [6.07, 6.45) is 2.09. The van der Waals surface area contributed by atoms with E-state index in [1.165, 1.54) is 0 Å². The first-order chi connectivity index (χ1) is 5.72. The second-order valence-electron chi connectivity index (χ2n) is 2.48. The first-order valence-electron chi connectivity index (χ1n) is 3.59. The second-order valence-corrected chi connectivity index (χ2v) is 4.63. The first-order valence-corrected chi connectivity index (χ1v) is 6.24. The van der Waals surface area contributed by atoms with Gasteiger partial charge in [0.1, 0.15) is 5.15 Å². The maximum Gasteiger partial charge on any atom is 0.184 e. The summed E-state index contributed by atoms with van der Waals surface area (Å²) in [6.45, 7) is 2.13. The molecule has 0 saturated heterocycles. The van der Waals surface area contributed by atoms with Gasteiger partial charge in [-0.3, -0.25) is 0 Å². The van der Waals surface area contributed by atoms with Gasteiger partial charge in [-0.15, -0.1) is 11.3 Å². The molecule has 1 atom stereocenters. The molecule has 0 aliphatic carbocycles. The maximum absolute atomic E-state index is 5.68. The standard InChI is InChI=1S/C7H11ClN2S2/c1-5(3-11-2)9-7-10-6(8)4-12-7/h4-5H,3H2,1-2H3,(H,9,10). The van der Waals surface area contributed by atoms with Gasteiger partial charge in [0.25, 0.3) is 0 Å². The quantitative estimate of drug-likeness (QED) is 0.848. The number of nitrogens with one attached hydrogen (secondary N) is 1. The molecule has 5 heteroatoms. The van der Waals surface area contributed by atoms with Crippen LogP contribution in [0, 0.1) is 0 Å². The van der Waals surface area contributed by atoms with E-state index >= 15 is 0 Å². The Labute approximate surface area is 85.7 Å². The topological polar surface area (TPSA) is 24.9 Å². The van der Waals surface area contributed by atoms with Crippen LogP contribution in [0.15, 0.2) is 5.38 Å². The molecule has 0 aliphatic heterocycles. The molecule has 0 fully saturated rings. The van der Waals surface area contributed by atoms with Crippen molar-refractivity contribution < 1.29 is 0 Å². The Morgan fingerprint density at radius 2 is 2.58 bits per heavy atom. The number of nitrogens with zero attached hydrogens (tertiary/aromatic N) is 1. The number of aromatic nitrogens is 1. The SMILES string of the molecule is CSCC(C)Nc1nc(Cl)cs1. The van der Waals surface area contributed by atoms with Crippen LogP contribution in [0.4, 0.5) is 5.13 Å². The van der Waals surface area contributed by atoms with Crippen LogP contribution in [0.2, 0.25) is 5.15 Å². The van der Waals surface area contributed by atoms with E-state index < -0.39 is 0 Å². The number of rotatable bonds is 4. The molecule has 0 aliphatic rings. The van der Waals surface area contributed by atoms with Gasteiger partial charge < -0.3 is 5.32 Å². The highest BCUT2D eigenvalue weighted by molar-refractivity contribution is 7.98. The normalized spacial score (nSPS) is 12.9. The van der Waals surface area contributed by atoms with Gasteiger partial charge in [-0.05, 0) is 13.2 Å². The van der Waals surface area contributed by atoms with Crippen molar-refractivity contribution >= 4 is 39.8 Å². The van der Waals surface area contributed by atoms with Gasteiger partial charge in [-0.1, -0.05) is 11.6 Å². The van der Waals surface area contributed by atoms with Crippen LogP contribution < -0.4 is 5.32 Å². The molecule has 0 bridgehead atoms. The third kappa shape index (κ3) is 3.21. The smallest absolute Gasteiger partial charge is 0.184 e. The lowest BCUT2D eigenvalue weighted by molar-refractivity contribution is 0.911. The largest absolute Gasteiger partial charge is 0.358 e. The average molecular weight is 223 g/mol. The van der Waals surface area contributed by atoms with Gasteiger partial charge in [0.15, 0.2) is 5.13 Å². The molecule has 1 N–H and O–H groups in total. The van der Waals surface area contributed by atoms with Crippen molar-refractivity contribution in [2.75, 3.05) is 17.3 Å². The molecule has 0 saturated carbocycles. The zero-order valence-electron chi connectivity index (χ0n) is 7.00. The zero-order chi connectivity index (χ0) is 8.97. The van der Waals surface area contributed by atoms with Gasteiger partial charge in [-0.2, -0.15) is 11.8 Å². The molecule has 0 radical (unpaired) electrons. The molecule has 1 aromatic rings. The van der Waals surface area contributed by atoms with E-state index in [2.05, 4.69) is 23.5 Å². The van der Waals surface area contributed by atoms with E-state index in [0.717, 1.165) is 10.9 Å². The summed E-state index contributed by atoms with van der Waals surface area (Å²) in [5, 5.41) is 6.57. The van der Waals surface area contributed by atoms with E-state index in [1.54, 1.807) is 11.3 Å². The Hall–Kier alpha value is 0.0700. The Kier molecular flexibility index (Phi) is 4.18. The number of anilines is 1. The van der Waals surface area contributed by atoms with Crippen molar-refractivity contribution in [3.8, 4) is 0 Å². The van der Waals surface area contributed by atoms with E-state index in [0.29, 0.717) is 11.2 Å². The fourth-order valence-corrected chi connectivity index (χ4v) is 2.36. The molecule has 68 valence electrons. The molecule has 12 heavy (non-hydrogen) atoms. The van der Waals surface area contributed by atoms with Crippen LogP contribution in [0.1, 0.15) is 6.92 Å². The van der Waals surface area contributed by atoms with Crippen molar-refractivity contribution in [1.82, 2.24) is 4.98 Å². The minimum atomic E-state index is 0.446. The molecule has 1 heterocycles. The zero-order valence-corrected chi connectivity index (χ0v) is 9.39. The number of hydrogen-bond donors (Lipinski definition) is 1. The summed E-state index contributed by atoms with van der Waals surface area (Å²) in [5.74, 6) is 1.08. The van der Waals surface area contributed by atoms with E-state index in [4.69, 9.17) is 11.6 Å². The lowest BCUT2D eigenvalue weighted by atomic mass is 10.4. The highest BCUT2D eigenvalue weighted by Gasteiger charge is 2.03. The number of halogens is 1. The molecule has 0 amide bonds. The minimum Gasteiger partial charge on any atom is -0.358 e. The third-order valence-corrected chi connectivity index (χ3v) is 3.19. The lowest BCUT2D eigenvalue weighted by Gasteiger charge is -2.09. The van der Waals surface area contributed by atoms with Crippen molar-refractivity contribution in [3.05, 3.63) is 10.5 Å². The second kappa shape index (κ2) is 4.94. The number of thiazole rings is 1. The summed E-state index contributed by atoms with van der Waals surface area (Å²) in [5.41, 5.74) is 0. The summed E-state index contributed by atoms with van der Waals surface area (Å²) in [4.78, 5) is 4.10. The van der Waals surface area contributed by atoms with Crippen molar-refractivity contribution in [2.24, 2.45) is 0 Å². The summed E-state index contributed by atoms with van der Waals surface area (Å²) < 4.78 is 0. The molecular weight excluding hydrogens is 212 g/mol. The van der Waals surface area contributed by atoms with E-state index in [1.807, 2.05) is 17.1 Å². The van der Waals surface area contributed by atoms with Crippen LogP contribution in [-0.4, -0.2) is 23.0 Å². The summed E-state index contributed by atoms with van der Waals surface area (Å²) >= 11 is 9.03. The highest BCUT2D eigenvalue weighted by atomic mass is 35.5. The Morgan fingerprint density at radius 1 is 1.83 bits per heavy atom. The maximum atomic E-state index is 5.68. The van der Waals surface area contributed by atoms with Crippen LogP contribution in [0.3, 0.4) is 0 Å². The van der Waals surface area contributed by atoms with Crippen LogP contribution in [-0.2, 0) is 0 Å². The first kappa shape index (κ1) is 10.2. The molecule has 2 nitrogen and oxygen atoms in total. The molecule has 1 rings (SSSR count). The number of thioether (sulfide) groups is 1. The van der Waals surface area contributed by atoms with Crippen LogP contribution >= 0.6 is 34.7 Å². The minimum absolute atomic E-state index is 0.446. The fourth-order valence-electron chi connectivity index (χ4n) is 0.823. The highest BCUT2D eigenvalue weighted by Crippen LogP contribution is 2.19. The van der Waals surface area contributed by atoms with Crippen LogP contribution in [0.25, 0.3) is 0 Å². The van der Waals surface area contributed by atoms with E-state index in [9.17, 15) is 0 Å². The average Bonchev–Trinajstić information content (AvgIpc) is 2.36. The monoisotopic (exact) mass is 222 g/mol. The summed E-state index contributed by atoms with van der Waals surface area (Å²) in [7, 11) is 0. The van der Waals surface area contributed by atoms with Gasteiger partial charge >= 0.3 is 0 Å². The number of hydrogen-bond acceptors (Lipinski definition) is 4. The molecular formula is C7H11ClN2S2. The lowest BCUT2D eigenvalue weighted by Crippen LogP contribution is -2.17.